The van der Waals surface area contributed by atoms with E-state index in [2.05, 4.69) is 41.5 Å². The van der Waals surface area contributed by atoms with Gasteiger partial charge in [0.2, 0.25) is 4.80 Å². The van der Waals surface area contributed by atoms with Crippen molar-refractivity contribution in [3.63, 3.8) is 0 Å². The summed E-state index contributed by atoms with van der Waals surface area (Å²) in [5.74, 6) is 0.529. The van der Waals surface area contributed by atoms with E-state index in [0.717, 1.165) is 53.0 Å². The third-order valence-electron chi connectivity index (χ3n) is 5.74. The minimum absolute atomic E-state index is 0.0434. The number of aryl methyl sites for hydroxylation is 1. The molecule has 33 heavy (non-hydrogen) atoms. The number of benzene rings is 2. The second-order valence-corrected chi connectivity index (χ2v) is 9.28. The van der Waals surface area contributed by atoms with Gasteiger partial charge in [0.25, 0.3) is 5.91 Å². The molecule has 6 nitrogen and oxygen atoms in total. The Morgan fingerprint density at radius 2 is 2.06 bits per heavy atom. The second-order valence-electron chi connectivity index (χ2n) is 8.45. The van der Waals surface area contributed by atoms with Crippen LogP contribution in [0, 0.1) is 0 Å². The molecule has 3 aromatic rings. The number of nitrogens with zero attached hydrogens (tertiary/aromatic N) is 3. The number of amides is 1. The Labute approximate surface area is 197 Å². The van der Waals surface area contributed by atoms with Crippen molar-refractivity contribution in [3.8, 4) is 17.0 Å². The molecule has 2 aliphatic rings. The normalized spacial score (nSPS) is 17.1. The van der Waals surface area contributed by atoms with Crippen molar-refractivity contribution in [3.05, 3.63) is 75.9 Å². The molecule has 1 amide bonds. The Balaban J connectivity index is 1.65. The van der Waals surface area contributed by atoms with Crippen LogP contribution >= 0.6 is 11.3 Å². The van der Waals surface area contributed by atoms with Crippen molar-refractivity contribution in [1.82, 2.24) is 4.68 Å². The molecular formula is C26H26N4O2S. The predicted octanol–water partition coefficient (Wildman–Crippen LogP) is 5.00. The van der Waals surface area contributed by atoms with Gasteiger partial charge >= 0.3 is 0 Å². The fraction of sp³-hybridized carbons (Fsp3) is 0.269. The Bertz CT molecular complexity index is 1330. The maximum Gasteiger partial charge on any atom is 0.262 e. The highest BCUT2D eigenvalue weighted by molar-refractivity contribution is 7.07. The Morgan fingerprint density at radius 1 is 1.21 bits per heavy atom. The fourth-order valence-corrected chi connectivity index (χ4v) is 4.97. The van der Waals surface area contributed by atoms with E-state index in [-0.39, 0.29) is 12.5 Å². The Morgan fingerprint density at radius 3 is 2.94 bits per heavy atom. The van der Waals surface area contributed by atoms with Gasteiger partial charge in [0.05, 0.1) is 23.6 Å². The molecule has 0 spiro atoms. The number of rotatable bonds is 4. The highest BCUT2D eigenvalue weighted by atomic mass is 32.1. The van der Waals surface area contributed by atoms with Crippen molar-refractivity contribution >= 4 is 28.6 Å². The number of nitrogens with one attached hydrogen (secondary N) is 1. The van der Waals surface area contributed by atoms with Gasteiger partial charge in [-0.3, -0.25) is 9.79 Å². The van der Waals surface area contributed by atoms with Gasteiger partial charge in [-0.25, -0.2) is 4.68 Å². The summed E-state index contributed by atoms with van der Waals surface area (Å²) in [6.45, 7) is 6.56. The molecule has 0 fully saturated rings. The molecular weight excluding hydrogens is 432 g/mol. The highest BCUT2D eigenvalue weighted by Crippen LogP contribution is 2.33. The van der Waals surface area contributed by atoms with Crippen LogP contribution in [0.3, 0.4) is 0 Å². The lowest BCUT2D eigenvalue weighted by atomic mass is 10.0. The van der Waals surface area contributed by atoms with E-state index >= 15 is 0 Å². The third-order valence-corrected chi connectivity index (χ3v) is 6.59. The van der Waals surface area contributed by atoms with Gasteiger partial charge < -0.3 is 10.1 Å². The first-order valence-corrected chi connectivity index (χ1v) is 12.0. The van der Waals surface area contributed by atoms with Gasteiger partial charge in [0.1, 0.15) is 5.75 Å². The number of fused-ring (bicyclic) bond motifs is 2. The van der Waals surface area contributed by atoms with Gasteiger partial charge in [0.15, 0.2) is 6.61 Å². The van der Waals surface area contributed by atoms with Crippen LogP contribution in [0.25, 0.3) is 11.3 Å². The zero-order valence-corrected chi connectivity index (χ0v) is 19.5. The molecule has 2 heterocycles. The zero-order valence-electron chi connectivity index (χ0n) is 18.6. The van der Waals surface area contributed by atoms with Crippen LogP contribution in [0.1, 0.15) is 37.3 Å². The lowest BCUT2D eigenvalue weighted by molar-refractivity contribution is -0.118. The highest BCUT2D eigenvalue weighted by Gasteiger charge is 2.19. The minimum atomic E-state index is -0.148. The van der Waals surface area contributed by atoms with Crippen LogP contribution in [-0.2, 0) is 11.2 Å². The first kappa shape index (κ1) is 21.4. The molecule has 2 aromatic carbocycles. The maximum absolute atomic E-state index is 11.8. The van der Waals surface area contributed by atoms with E-state index in [0.29, 0.717) is 18.0 Å². The predicted molar refractivity (Wildman–Crippen MR) is 133 cm³/mol. The molecule has 0 saturated carbocycles. The standard InChI is InChI=1S/C26H26N4O2S/c1-17(2)14-27-26-30(29-21-10-6-4-8-18-7-3-5-9-20(18)21)23(16-33-26)19-11-12-24-22(13-19)28-25(31)15-32-24/h3,5,7,9,11-13,16H,1,4,6,8,10,14-15H2,2H3,(H,28,31). The van der Waals surface area contributed by atoms with E-state index < -0.39 is 0 Å². The molecule has 1 aliphatic carbocycles. The van der Waals surface area contributed by atoms with Crippen LogP contribution < -0.4 is 14.9 Å². The average molecular weight is 459 g/mol. The van der Waals surface area contributed by atoms with E-state index in [1.54, 1.807) is 11.3 Å². The molecule has 1 aliphatic heterocycles. The summed E-state index contributed by atoms with van der Waals surface area (Å²) in [6, 6.07) is 14.4. The summed E-state index contributed by atoms with van der Waals surface area (Å²) in [5, 5.41) is 10.1. The molecule has 1 N–H and O–H groups in total. The van der Waals surface area contributed by atoms with E-state index in [1.807, 2.05) is 29.8 Å². The van der Waals surface area contributed by atoms with Gasteiger partial charge in [0, 0.05) is 16.5 Å². The SMILES string of the molecule is C=C(C)CN=c1scc(-c2ccc3c(c2)NC(=O)CO3)n1N=C1CCCCc2ccccc21. The van der Waals surface area contributed by atoms with Crippen LogP contribution in [0.15, 0.2) is 70.1 Å². The monoisotopic (exact) mass is 458 g/mol. The summed E-state index contributed by atoms with van der Waals surface area (Å²) in [7, 11) is 0. The Kier molecular flexibility index (Phi) is 5.96. The first-order chi connectivity index (χ1) is 16.1. The number of ether oxygens (including phenoxy) is 1. The quantitative estimate of drug-likeness (QED) is 0.441. The number of hydrogen-bond acceptors (Lipinski definition) is 5. The number of hydrogen-bond donors (Lipinski definition) is 1. The van der Waals surface area contributed by atoms with E-state index in [1.165, 1.54) is 11.1 Å². The molecule has 0 atom stereocenters. The number of anilines is 1. The minimum Gasteiger partial charge on any atom is -0.482 e. The van der Waals surface area contributed by atoms with Crippen molar-refractivity contribution < 1.29 is 9.53 Å². The van der Waals surface area contributed by atoms with Crippen molar-refractivity contribution in [2.75, 3.05) is 18.5 Å². The Hall–Kier alpha value is -3.45. The van der Waals surface area contributed by atoms with Gasteiger partial charge in [-0.15, -0.1) is 11.3 Å². The summed E-state index contributed by atoms with van der Waals surface area (Å²) >= 11 is 1.56. The average Bonchev–Trinajstić information content (AvgIpc) is 3.10. The maximum atomic E-state index is 11.8. The van der Waals surface area contributed by atoms with Gasteiger partial charge in [-0.1, -0.05) is 36.4 Å². The molecule has 7 heteroatoms. The zero-order chi connectivity index (χ0) is 22.8. The topological polar surface area (TPSA) is 68.0 Å². The molecule has 168 valence electrons. The molecule has 0 bridgehead atoms. The summed E-state index contributed by atoms with van der Waals surface area (Å²) in [6.07, 6.45) is 4.27. The van der Waals surface area contributed by atoms with Gasteiger partial charge in [-0.05, 0) is 56.4 Å². The number of carbonyl (C=O) groups excluding carboxylic acids is 1. The second kappa shape index (κ2) is 9.19. The van der Waals surface area contributed by atoms with Crippen LogP contribution in [0.5, 0.6) is 5.75 Å². The summed E-state index contributed by atoms with van der Waals surface area (Å²) in [4.78, 5) is 17.4. The number of carbonyl (C=O) groups is 1. The number of aromatic nitrogens is 1. The first-order valence-electron chi connectivity index (χ1n) is 11.2. The molecule has 0 radical (unpaired) electrons. The third kappa shape index (κ3) is 4.54. The molecule has 5 rings (SSSR count). The smallest absolute Gasteiger partial charge is 0.262 e. The lowest BCUT2D eigenvalue weighted by Gasteiger charge is -2.18. The van der Waals surface area contributed by atoms with Crippen LogP contribution in [-0.4, -0.2) is 29.4 Å². The van der Waals surface area contributed by atoms with Crippen molar-refractivity contribution in [2.24, 2.45) is 10.1 Å². The summed E-state index contributed by atoms with van der Waals surface area (Å²) in [5.41, 5.74) is 7.19. The van der Waals surface area contributed by atoms with Gasteiger partial charge in [-0.2, -0.15) is 5.10 Å². The molecule has 0 saturated heterocycles. The molecule has 0 unspecified atom stereocenters. The van der Waals surface area contributed by atoms with Crippen LogP contribution in [0.2, 0.25) is 0 Å². The van der Waals surface area contributed by atoms with Crippen LogP contribution in [0.4, 0.5) is 5.69 Å². The largest absolute Gasteiger partial charge is 0.482 e. The van der Waals surface area contributed by atoms with E-state index in [4.69, 9.17) is 14.8 Å². The molecule has 1 aromatic heterocycles. The summed E-state index contributed by atoms with van der Waals surface area (Å²) < 4.78 is 7.47. The van der Waals surface area contributed by atoms with E-state index in [9.17, 15) is 4.79 Å². The number of thiazole rings is 1. The van der Waals surface area contributed by atoms with Crippen molar-refractivity contribution in [1.29, 1.82) is 0 Å². The lowest BCUT2D eigenvalue weighted by Crippen LogP contribution is -2.25. The fourth-order valence-electron chi connectivity index (χ4n) is 4.13. The van der Waals surface area contributed by atoms with Crippen molar-refractivity contribution in [2.45, 2.75) is 32.6 Å².